The molecule has 1 aromatic carbocycles. The number of carbonyl (C=O) groups excluding carboxylic acids is 1. The number of halogens is 3. The number of thioether (sulfide) groups is 1. The van der Waals surface area contributed by atoms with Gasteiger partial charge in [0.05, 0.1) is 4.91 Å². The minimum absolute atomic E-state index is 0.0358. The number of likely N-dealkylation sites (N-methyl/N-ethyl adjacent to an activating group) is 1. The maximum absolute atomic E-state index is 12.9. The summed E-state index contributed by atoms with van der Waals surface area (Å²) in [5.41, 5.74) is 2.02. The summed E-state index contributed by atoms with van der Waals surface area (Å²) in [6, 6.07) is 5.43. The molecule has 1 aromatic rings. The van der Waals surface area contributed by atoms with Crippen molar-refractivity contribution in [2.45, 2.75) is 13.3 Å². The van der Waals surface area contributed by atoms with Crippen LogP contribution >= 0.6 is 11.8 Å². The average Bonchev–Trinajstić information content (AvgIpc) is 3.13. The first kappa shape index (κ1) is 23.0. The van der Waals surface area contributed by atoms with Crippen molar-refractivity contribution in [1.82, 2.24) is 9.80 Å². The Labute approximate surface area is 183 Å². The van der Waals surface area contributed by atoms with Gasteiger partial charge in [-0.15, -0.1) is 13.2 Å². The molecule has 2 aliphatic heterocycles. The number of rotatable bonds is 5. The van der Waals surface area contributed by atoms with Crippen molar-refractivity contribution in [2.24, 2.45) is 4.99 Å². The van der Waals surface area contributed by atoms with Gasteiger partial charge in [-0.25, -0.2) is 4.99 Å². The van der Waals surface area contributed by atoms with Gasteiger partial charge in [0.1, 0.15) is 10.8 Å². The van der Waals surface area contributed by atoms with Crippen LogP contribution in [0.5, 0.6) is 5.75 Å². The van der Waals surface area contributed by atoms with Crippen molar-refractivity contribution >= 4 is 28.4 Å². The molecule has 2 heterocycles. The fraction of sp³-hybridized carbons (Fsp3) is 0.333. The summed E-state index contributed by atoms with van der Waals surface area (Å²) in [5.74, 6) is -0.333. The number of hydrogen-bond donors (Lipinski definition) is 1. The Bertz CT molecular complexity index is 931. The molecule has 31 heavy (non-hydrogen) atoms. The summed E-state index contributed by atoms with van der Waals surface area (Å²) in [6.45, 7) is 8.45. The second kappa shape index (κ2) is 9.61. The number of nitrogens with one attached hydrogen (secondary N) is 1. The molecule has 2 aliphatic rings. The van der Waals surface area contributed by atoms with E-state index in [9.17, 15) is 18.0 Å². The molecule has 1 N–H and O–H groups in total. The lowest BCUT2D eigenvalue weighted by atomic mass is 10.2. The number of ether oxygens (including phenoxy) is 1. The third-order valence-electron chi connectivity index (χ3n) is 4.75. The van der Waals surface area contributed by atoms with Crippen LogP contribution in [0.1, 0.15) is 6.92 Å². The first-order chi connectivity index (χ1) is 14.7. The van der Waals surface area contributed by atoms with E-state index in [1.807, 2.05) is 18.9 Å². The number of allylic oxidation sites excluding steroid dienone is 2. The van der Waals surface area contributed by atoms with E-state index in [4.69, 9.17) is 0 Å². The number of piperazine rings is 1. The molecule has 0 radical (unpaired) electrons. The van der Waals surface area contributed by atoms with E-state index in [2.05, 4.69) is 26.5 Å². The molecule has 0 unspecified atom stereocenters. The van der Waals surface area contributed by atoms with Gasteiger partial charge in [0, 0.05) is 49.3 Å². The molecule has 1 fully saturated rings. The lowest BCUT2D eigenvalue weighted by molar-refractivity contribution is -0.274. The molecule has 0 bridgehead atoms. The predicted octanol–water partition coefficient (Wildman–Crippen LogP) is 4.22. The maximum Gasteiger partial charge on any atom is 0.573 e. The SMILES string of the molecule is C=C/N=C1/SC(C(=O)N2CCN(C)CC2)=C/C1=C(/C)Nc1ccc(OC(F)(F)F)cc1. The van der Waals surface area contributed by atoms with Gasteiger partial charge in [-0.05, 0) is 44.3 Å². The number of amides is 1. The van der Waals surface area contributed by atoms with Crippen LogP contribution in [-0.4, -0.2) is 60.3 Å². The average molecular weight is 453 g/mol. The van der Waals surface area contributed by atoms with Crippen LogP contribution in [0.3, 0.4) is 0 Å². The molecule has 3 rings (SSSR count). The van der Waals surface area contributed by atoms with Gasteiger partial charge in [-0.1, -0.05) is 18.3 Å². The lowest BCUT2D eigenvalue weighted by Gasteiger charge is -2.32. The topological polar surface area (TPSA) is 57.2 Å². The van der Waals surface area contributed by atoms with E-state index in [-0.39, 0.29) is 11.7 Å². The second-order valence-corrected chi connectivity index (χ2v) is 8.09. The summed E-state index contributed by atoms with van der Waals surface area (Å²) in [4.78, 5) is 21.8. The molecule has 1 amide bonds. The number of benzene rings is 1. The third kappa shape index (κ3) is 6.14. The van der Waals surface area contributed by atoms with Gasteiger partial charge in [-0.3, -0.25) is 4.79 Å². The van der Waals surface area contributed by atoms with E-state index in [0.717, 1.165) is 18.7 Å². The normalized spacial score (nSPS) is 20.5. The van der Waals surface area contributed by atoms with Crippen LogP contribution in [0.15, 0.2) is 64.3 Å². The van der Waals surface area contributed by atoms with Crippen LogP contribution in [0.25, 0.3) is 0 Å². The number of nitrogens with zero attached hydrogens (tertiary/aromatic N) is 3. The molecule has 0 atom stereocenters. The van der Waals surface area contributed by atoms with Crippen molar-refractivity contribution in [3.63, 3.8) is 0 Å². The van der Waals surface area contributed by atoms with E-state index < -0.39 is 6.36 Å². The van der Waals surface area contributed by atoms with E-state index >= 15 is 0 Å². The fourth-order valence-electron chi connectivity index (χ4n) is 3.12. The highest BCUT2D eigenvalue weighted by molar-refractivity contribution is 8.18. The molecule has 0 saturated carbocycles. The van der Waals surface area contributed by atoms with E-state index in [0.29, 0.717) is 34.4 Å². The molecular weight excluding hydrogens is 429 g/mol. The van der Waals surface area contributed by atoms with Crippen LogP contribution < -0.4 is 10.1 Å². The van der Waals surface area contributed by atoms with Crippen LogP contribution in [-0.2, 0) is 4.79 Å². The number of aliphatic imine (C=N–C) groups is 1. The Morgan fingerprint density at radius 2 is 1.87 bits per heavy atom. The summed E-state index contributed by atoms with van der Waals surface area (Å²) in [7, 11) is 2.03. The summed E-state index contributed by atoms with van der Waals surface area (Å²) in [6.07, 6.45) is -1.53. The zero-order chi connectivity index (χ0) is 22.6. The Morgan fingerprint density at radius 3 is 2.45 bits per heavy atom. The maximum atomic E-state index is 12.9. The van der Waals surface area contributed by atoms with Gasteiger partial charge < -0.3 is 19.9 Å². The Morgan fingerprint density at radius 1 is 1.23 bits per heavy atom. The third-order valence-corrected chi connectivity index (χ3v) is 5.78. The van der Waals surface area contributed by atoms with Gasteiger partial charge in [-0.2, -0.15) is 0 Å². The number of anilines is 1. The molecule has 10 heteroatoms. The zero-order valence-electron chi connectivity index (χ0n) is 17.2. The van der Waals surface area contributed by atoms with Crippen molar-refractivity contribution in [1.29, 1.82) is 0 Å². The Hall–Kier alpha value is -2.72. The van der Waals surface area contributed by atoms with Crippen LogP contribution in [0, 0.1) is 0 Å². The van der Waals surface area contributed by atoms with E-state index in [1.165, 1.54) is 42.2 Å². The monoisotopic (exact) mass is 452 g/mol. The minimum atomic E-state index is -4.73. The fourth-order valence-corrected chi connectivity index (χ4v) is 4.17. The quantitative estimate of drug-likeness (QED) is 0.725. The number of alkyl halides is 3. The molecule has 0 spiro atoms. The lowest BCUT2D eigenvalue weighted by Crippen LogP contribution is -2.47. The van der Waals surface area contributed by atoms with Crippen molar-refractivity contribution < 1.29 is 22.7 Å². The predicted molar refractivity (Wildman–Crippen MR) is 117 cm³/mol. The zero-order valence-corrected chi connectivity index (χ0v) is 18.0. The molecule has 0 aromatic heterocycles. The molecule has 0 aliphatic carbocycles. The molecule has 166 valence electrons. The van der Waals surface area contributed by atoms with Crippen LogP contribution in [0.4, 0.5) is 18.9 Å². The Kier molecular flexibility index (Phi) is 7.11. The number of carbonyl (C=O) groups is 1. The van der Waals surface area contributed by atoms with Gasteiger partial charge in [0.25, 0.3) is 5.91 Å². The summed E-state index contributed by atoms with van der Waals surface area (Å²) >= 11 is 1.29. The molecular formula is C21H23F3N4O2S. The largest absolute Gasteiger partial charge is 0.573 e. The highest BCUT2D eigenvalue weighted by Gasteiger charge is 2.31. The number of hydrogen-bond acceptors (Lipinski definition) is 6. The van der Waals surface area contributed by atoms with Crippen molar-refractivity contribution in [3.05, 3.63) is 59.3 Å². The summed E-state index contributed by atoms with van der Waals surface area (Å²) in [5, 5.41) is 3.78. The van der Waals surface area contributed by atoms with Crippen LogP contribution in [0.2, 0.25) is 0 Å². The minimum Gasteiger partial charge on any atom is -0.406 e. The first-order valence-electron chi connectivity index (χ1n) is 9.56. The van der Waals surface area contributed by atoms with Crippen molar-refractivity contribution in [3.8, 4) is 5.75 Å². The standard InChI is InChI=1S/C21H23F3N4O2S/c1-4-25-19-17(13-18(31-19)20(29)28-11-9-27(3)10-12-28)14(2)26-15-5-7-16(8-6-15)30-21(22,23)24/h4-8,13,26H,1,9-12H2,2-3H3/b17-14+,25-19+. The highest BCUT2D eigenvalue weighted by atomic mass is 32.2. The van der Waals surface area contributed by atoms with Gasteiger partial charge >= 0.3 is 6.36 Å². The van der Waals surface area contributed by atoms with Gasteiger partial charge in [0.15, 0.2) is 0 Å². The highest BCUT2D eigenvalue weighted by Crippen LogP contribution is 2.35. The molecule has 6 nitrogen and oxygen atoms in total. The second-order valence-electron chi connectivity index (χ2n) is 7.06. The summed E-state index contributed by atoms with van der Waals surface area (Å²) < 4.78 is 40.8. The Balaban J connectivity index is 1.77. The first-order valence-corrected chi connectivity index (χ1v) is 10.4. The van der Waals surface area contributed by atoms with E-state index in [1.54, 1.807) is 6.08 Å². The smallest absolute Gasteiger partial charge is 0.406 e. The van der Waals surface area contributed by atoms with Crippen molar-refractivity contribution in [2.75, 3.05) is 38.5 Å². The van der Waals surface area contributed by atoms with Gasteiger partial charge in [0.2, 0.25) is 0 Å². The molecule has 1 saturated heterocycles.